The van der Waals surface area contributed by atoms with Crippen LogP contribution in [0.2, 0.25) is 0 Å². The normalized spacial score (nSPS) is 21.8. The van der Waals surface area contributed by atoms with Crippen LogP contribution >= 0.6 is 0 Å². The lowest BCUT2D eigenvalue weighted by Crippen LogP contribution is -2.10. The van der Waals surface area contributed by atoms with E-state index in [0.29, 0.717) is 5.57 Å². The summed E-state index contributed by atoms with van der Waals surface area (Å²) in [5.74, 6) is -0.162. The molecule has 1 aromatic carbocycles. The first-order valence-electron chi connectivity index (χ1n) is 7.87. The Hall–Kier alpha value is -2.30. The molecule has 24 heavy (non-hydrogen) atoms. The summed E-state index contributed by atoms with van der Waals surface area (Å²) in [5, 5.41) is 0. The van der Waals surface area contributed by atoms with Crippen molar-refractivity contribution in [3.8, 4) is 5.75 Å². The number of ether oxygens (including phenoxy) is 3. The smallest absolute Gasteiger partial charge is 0.333 e. The van der Waals surface area contributed by atoms with Crippen LogP contribution < -0.4 is 4.74 Å². The average Bonchev–Trinajstić information content (AvgIpc) is 3.12. The maximum Gasteiger partial charge on any atom is 0.333 e. The van der Waals surface area contributed by atoms with E-state index >= 15 is 0 Å². The SMILES string of the molecule is COC(=O)/C(C)=C/[C@H]1[C@@H](C(=O)OCc2cccc(OC)c2)C1(C)C. The highest BCUT2D eigenvalue weighted by Gasteiger charge is 2.61. The third kappa shape index (κ3) is 3.78. The predicted octanol–water partition coefficient (Wildman–Crippen LogP) is 3.13. The van der Waals surface area contributed by atoms with Crippen molar-refractivity contribution in [2.24, 2.45) is 17.3 Å². The van der Waals surface area contributed by atoms with Gasteiger partial charge in [0.1, 0.15) is 12.4 Å². The number of methoxy groups -OCH3 is 2. The van der Waals surface area contributed by atoms with Crippen LogP contribution in [0.4, 0.5) is 0 Å². The molecule has 0 radical (unpaired) electrons. The molecular weight excluding hydrogens is 308 g/mol. The van der Waals surface area contributed by atoms with Crippen molar-refractivity contribution in [2.75, 3.05) is 14.2 Å². The molecule has 1 aromatic rings. The summed E-state index contributed by atoms with van der Waals surface area (Å²) in [6, 6.07) is 7.41. The Morgan fingerprint density at radius 1 is 1.25 bits per heavy atom. The van der Waals surface area contributed by atoms with Gasteiger partial charge in [-0.1, -0.05) is 32.1 Å². The Kier molecular flexibility index (Phi) is 5.32. The van der Waals surface area contributed by atoms with Crippen molar-refractivity contribution >= 4 is 11.9 Å². The third-order valence-corrected chi connectivity index (χ3v) is 4.62. The van der Waals surface area contributed by atoms with Crippen molar-refractivity contribution in [3.05, 3.63) is 41.5 Å². The van der Waals surface area contributed by atoms with Crippen LogP contribution in [-0.2, 0) is 25.7 Å². The largest absolute Gasteiger partial charge is 0.497 e. The molecule has 2 atom stereocenters. The molecule has 0 amide bonds. The van der Waals surface area contributed by atoms with Crippen LogP contribution in [-0.4, -0.2) is 26.2 Å². The van der Waals surface area contributed by atoms with E-state index in [0.717, 1.165) is 11.3 Å². The predicted molar refractivity (Wildman–Crippen MR) is 89.3 cm³/mol. The van der Waals surface area contributed by atoms with Crippen LogP contribution in [0, 0.1) is 17.3 Å². The molecule has 5 heteroatoms. The van der Waals surface area contributed by atoms with Crippen LogP contribution in [0.1, 0.15) is 26.3 Å². The van der Waals surface area contributed by atoms with Crippen molar-refractivity contribution in [1.82, 2.24) is 0 Å². The van der Waals surface area contributed by atoms with Gasteiger partial charge in [-0.2, -0.15) is 0 Å². The average molecular weight is 332 g/mol. The lowest BCUT2D eigenvalue weighted by Gasteiger charge is -2.07. The van der Waals surface area contributed by atoms with Crippen LogP contribution in [0.3, 0.4) is 0 Å². The number of carbonyl (C=O) groups is 2. The number of benzene rings is 1. The van der Waals surface area contributed by atoms with E-state index in [4.69, 9.17) is 14.2 Å². The second kappa shape index (κ2) is 7.07. The number of hydrogen-bond donors (Lipinski definition) is 0. The van der Waals surface area contributed by atoms with Gasteiger partial charge in [0, 0.05) is 5.57 Å². The quantitative estimate of drug-likeness (QED) is 0.591. The van der Waals surface area contributed by atoms with Gasteiger partial charge >= 0.3 is 11.9 Å². The maximum absolute atomic E-state index is 12.4. The van der Waals surface area contributed by atoms with E-state index < -0.39 is 0 Å². The van der Waals surface area contributed by atoms with E-state index in [-0.39, 0.29) is 35.8 Å². The molecule has 0 heterocycles. The zero-order valence-electron chi connectivity index (χ0n) is 14.8. The Morgan fingerprint density at radius 2 is 1.96 bits per heavy atom. The zero-order chi connectivity index (χ0) is 17.9. The second-order valence-corrected chi connectivity index (χ2v) is 6.63. The minimum Gasteiger partial charge on any atom is -0.497 e. The molecule has 5 nitrogen and oxygen atoms in total. The van der Waals surface area contributed by atoms with Gasteiger partial charge in [-0.05, 0) is 36.0 Å². The number of allylic oxidation sites excluding steroid dienone is 1. The van der Waals surface area contributed by atoms with Gasteiger partial charge in [-0.25, -0.2) is 4.79 Å². The van der Waals surface area contributed by atoms with Gasteiger partial charge < -0.3 is 14.2 Å². The Labute approximate surface area is 142 Å². The zero-order valence-corrected chi connectivity index (χ0v) is 14.8. The van der Waals surface area contributed by atoms with Gasteiger partial charge in [0.25, 0.3) is 0 Å². The monoisotopic (exact) mass is 332 g/mol. The molecule has 2 rings (SSSR count). The van der Waals surface area contributed by atoms with Crippen molar-refractivity contribution in [1.29, 1.82) is 0 Å². The minimum absolute atomic E-state index is 0.0191. The topological polar surface area (TPSA) is 61.8 Å². The van der Waals surface area contributed by atoms with E-state index in [2.05, 4.69) is 0 Å². The molecule has 1 aliphatic carbocycles. The van der Waals surface area contributed by atoms with Crippen molar-refractivity contribution in [2.45, 2.75) is 27.4 Å². The maximum atomic E-state index is 12.4. The third-order valence-electron chi connectivity index (χ3n) is 4.62. The number of hydrogen-bond acceptors (Lipinski definition) is 5. The fraction of sp³-hybridized carbons (Fsp3) is 0.474. The minimum atomic E-state index is -0.374. The molecule has 0 aliphatic heterocycles. The first kappa shape index (κ1) is 18.0. The summed E-state index contributed by atoms with van der Waals surface area (Å²) in [4.78, 5) is 23.9. The molecule has 0 unspecified atom stereocenters. The summed E-state index contributed by atoms with van der Waals surface area (Å²) in [7, 11) is 2.94. The molecule has 0 aromatic heterocycles. The lowest BCUT2D eigenvalue weighted by molar-refractivity contribution is -0.147. The lowest BCUT2D eigenvalue weighted by atomic mass is 10.1. The van der Waals surface area contributed by atoms with Crippen LogP contribution in [0.5, 0.6) is 5.75 Å². The molecule has 0 N–H and O–H groups in total. The molecule has 0 saturated heterocycles. The van der Waals surface area contributed by atoms with Gasteiger partial charge in [-0.15, -0.1) is 0 Å². The Bertz CT molecular complexity index is 659. The van der Waals surface area contributed by atoms with Crippen LogP contribution in [0.25, 0.3) is 0 Å². The van der Waals surface area contributed by atoms with E-state index in [1.165, 1.54) is 7.11 Å². The molecule has 1 aliphatic rings. The number of esters is 2. The van der Waals surface area contributed by atoms with E-state index in [9.17, 15) is 9.59 Å². The Morgan fingerprint density at radius 3 is 2.58 bits per heavy atom. The first-order chi connectivity index (χ1) is 11.3. The highest BCUT2D eigenvalue weighted by Crippen LogP contribution is 2.59. The first-order valence-corrected chi connectivity index (χ1v) is 7.87. The van der Waals surface area contributed by atoms with Gasteiger partial charge in [0.2, 0.25) is 0 Å². The highest BCUT2D eigenvalue weighted by molar-refractivity contribution is 5.88. The van der Waals surface area contributed by atoms with Gasteiger partial charge in [0.05, 0.1) is 20.1 Å². The second-order valence-electron chi connectivity index (χ2n) is 6.63. The molecule has 1 saturated carbocycles. The summed E-state index contributed by atoms with van der Waals surface area (Å²) in [5.41, 5.74) is 1.17. The molecular formula is C19H24O5. The number of rotatable bonds is 6. The molecule has 1 fully saturated rings. The standard InChI is InChI=1S/C19H24O5/c1-12(17(20)23-5)9-15-16(19(15,2)3)18(21)24-11-13-7-6-8-14(10-13)22-4/h6-10,15-16H,11H2,1-5H3/b12-9+/t15-,16-/m0/s1. The van der Waals surface area contributed by atoms with Crippen LogP contribution in [0.15, 0.2) is 35.9 Å². The summed E-state index contributed by atoms with van der Waals surface area (Å²) < 4.78 is 15.3. The van der Waals surface area contributed by atoms with Crippen molar-refractivity contribution in [3.63, 3.8) is 0 Å². The summed E-state index contributed by atoms with van der Waals surface area (Å²) >= 11 is 0. The fourth-order valence-electron chi connectivity index (χ4n) is 2.94. The molecule has 0 spiro atoms. The fourth-order valence-corrected chi connectivity index (χ4v) is 2.94. The molecule has 130 valence electrons. The van der Waals surface area contributed by atoms with E-state index in [1.807, 2.05) is 44.2 Å². The number of carbonyl (C=O) groups excluding carboxylic acids is 2. The van der Waals surface area contributed by atoms with E-state index in [1.54, 1.807) is 14.0 Å². The van der Waals surface area contributed by atoms with Gasteiger partial charge in [-0.3, -0.25) is 4.79 Å². The highest BCUT2D eigenvalue weighted by atomic mass is 16.5. The van der Waals surface area contributed by atoms with Crippen molar-refractivity contribution < 1.29 is 23.8 Å². The summed E-state index contributed by atoms with van der Waals surface area (Å²) in [6.45, 7) is 5.89. The van der Waals surface area contributed by atoms with Gasteiger partial charge in [0.15, 0.2) is 0 Å². The molecule has 0 bridgehead atoms. The Balaban J connectivity index is 1.98. The summed E-state index contributed by atoms with van der Waals surface area (Å²) in [6.07, 6.45) is 1.81.